The van der Waals surface area contributed by atoms with Crippen molar-refractivity contribution in [1.29, 1.82) is 0 Å². The highest BCUT2D eigenvalue weighted by Gasteiger charge is 2.22. The molecule has 10 heteroatoms. The Kier molecular flexibility index (Phi) is 8.31. The summed E-state index contributed by atoms with van der Waals surface area (Å²) >= 11 is 0. The molecule has 2 N–H and O–H groups in total. The Hall–Kier alpha value is -4.93. The molecule has 0 aliphatic heterocycles. The number of furan rings is 1. The predicted octanol–water partition coefficient (Wildman–Crippen LogP) is 4.28. The van der Waals surface area contributed by atoms with E-state index in [4.69, 9.17) is 9.40 Å². The zero-order chi connectivity index (χ0) is 30.6. The highest BCUT2D eigenvalue weighted by atomic mass is 16.3. The Bertz CT molecular complexity index is 1950. The van der Waals surface area contributed by atoms with E-state index in [2.05, 4.69) is 20.6 Å². The van der Waals surface area contributed by atoms with Crippen LogP contribution in [-0.2, 0) is 13.1 Å². The zero-order valence-electron chi connectivity index (χ0n) is 24.9. The van der Waals surface area contributed by atoms with Gasteiger partial charge in [0.1, 0.15) is 5.69 Å². The SMILES string of the molecule is O=c1c2ccc(-c3ccco3)nc2n(C/C=C(\CNC2CC2)c2cccnc2)c(=O)n1C/C=C(\CNC1CC1)c1cccnc1. The summed E-state index contributed by atoms with van der Waals surface area (Å²) in [7, 11) is 0. The summed E-state index contributed by atoms with van der Waals surface area (Å²) in [6.07, 6.45) is 17.3. The van der Waals surface area contributed by atoms with Gasteiger partial charge in [-0.05, 0) is 84.4 Å². The normalized spacial score (nSPS) is 15.6. The molecular weight excluding hydrogens is 566 g/mol. The number of pyridine rings is 3. The predicted molar refractivity (Wildman–Crippen MR) is 174 cm³/mol. The third-order valence-electron chi connectivity index (χ3n) is 8.26. The molecule has 10 nitrogen and oxygen atoms in total. The second-order valence-electron chi connectivity index (χ2n) is 11.6. The van der Waals surface area contributed by atoms with E-state index in [0.717, 1.165) is 35.1 Å². The van der Waals surface area contributed by atoms with E-state index < -0.39 is 5.69 Å². The van der Waals surface area contributed by atoms with E-state index in [1.54, 1.807) is 41.4 Å². The quantitative estimate of drug-likeness (QED) is 0.205. The van der Waals surface area contributed by atoms with Crippen molar-refractivity contribution in [2.75, 3.05) is 13.1 Å². The van der Waals surface area contributed by atoms with Crippen LogP contribution in [0.5, 0.6) is 0 Å². The first-order valence-corrected chi connectivity index (χ1v) is 15.5. The summed E-state index contributed by atoms with van der Waals surface area (Å²) in [5, 5.41) is 7.49. The summed E-state index contributed by atoms with van der Waals surface area (Å²) in [6.45, 7) is 1.63. The minimum absolute atomic E-state index is 0.118. The van der Waals surface area contributed by atoms with Gasteiger partial charge in [-0.2, -0.15) is 0 Å². The highest BCUT2D eigenvalue weighted by molar-refractivity contribution is 5.77. The molecule has 2 saturated carbocycles. The summed E-state index contributed by atoms with van der Waals surface area (Å²) in [5.74, 6) is 0.563. The Morgan fingerprint density at radius 3 is 1.96 bits per heavy atom. The van der Waals surface area contributed by atoms with Gasteiger partial charge in [-0.3, -0.25) is 23.9 Å². The number of nitrogens with one attached hydrogen (secondary N) is 2. The second-order valence-corrected chi connectivity index (χ2v) is 11.6. The topological polar surface area (TPSA) is 120 Å². The van der Waals surface area contributed by atoms with Gasteiger partial charge in [0.05, 0.1) is 11.6 Å². The number of fused-ring (bicyclic) bond motifs is 1. The van der Waals surface area contributed by atoms with Gasteiger partial charge in [-0.1, -0.05) is 24.3 Å². The van der Waals surface area contributed by atoms with Crippen molar-refractivity contribution < 1.29 is 4.42 Å². The van der Waals surface area contributed by atoms with Crippen LogP contribution in [0.2, 0.25) is 0 Å². The molecule has 0 bridgehead atoms. The van der Waals surface area contributed by atoms with Crippen LogP contribution in [0.25, 0.3) is 33.6 Å². The lowest BCUT2D eigenvalue weighted by molar-refractivity contribution is 0.579. The number of aromatic nitrogens is 5. The van der Waals surface area contributed by atoms with Crippen molar-refractivity contribution in [3.63, 3.8) is 0 Å². The molecule has 5 aromatic rings. The van der Waals surface area contributed by atoms with Crippen LogP contribution in [0, 0.1) is 0 Å². The largest absolute Gasteiger partial charge is 0.463 e. The van der Waals surface area contributed by atoms with Crippen LogP contribution >= 0.6 is 0 Å². The van der Waals surface area contributed by atoms with Gasteiger partial charge in [-0.25, -0.2) is 9.78 Å². The van der Waals surface area contributed by atoms with E-state index in [1.165, 1.54) is 17.4 Å². The zero-order valence-corrected chi connectivity index (χ0v) is 24.9. The van der Waals surface area contributed by atoms with Crippen molar-refractivity contribution in [3.05, 3.63) is 124 Å². The average Bonchev–Trinajstić information content (AvgIpc) is 4.02. The second kappa shape index (κ2) is 13.0. The Balaban J connectivity index is 1.31. The first-order chi connectivity index (χ1) is 22.1. The number of rotatable bonds is 13. The molecule has 0 saturated heterocycles. The molecule has 0 spiro atoms. The standard InChI is InChI=1S/C35H35N7O3/c43-34-30-11-12-31(32-6-3-19-45-32)40-33(30)41(17-13-26(22-38-28-7-8-28)24-4-1-15-36-20-24)35(44)42(34)18-14-27(23-39-29-9-10-29)25-5-2-16-37-21-25/h1-6,11-16,19-21,28-29,38-39H,7-10,17-18,22-23H2/b26-13+,27-14+. The highest BCUT2D eigenvalue weighted by Crippen LogP contribution is 2.23. The van der Waals surface area contributed by atoms with Gasteiger partial charge in [-0.15, -0.1) is 0 Å². The van der Waals surface area contributed by atoms with Crippen LogP contribution in [0.1, 0.15) is 36.8 Å². The summed E-state index contributed by atoms with van der Waals surface area (Å²) in [4.78, 5) is 41.4. The lowest BCUT2D eigenvalue weighted by Gasteiger charge is -2.15. The van der Waals surface area contributed by atoms with Crippen molar-refractivity contribution >= 4 is 22.2 Å². The Morgan fingerprint density at radius 2 is 1.42 bits per heavy atom. The van der Waals surface area contributed by atoms with Crippen LogP contribution in [-0.4, -0.2) is 49.3 Å². The minimum atomic E-state index is -0.425. The van der Waals surface area contributed by atoms with Crippen molar-refractivity contribution in [2.45, 2.75) is 50.9 Å². The Morgan fingerprint density at radius 1 is 0.800 bits per heavy atom. The molecule has 5 heterocycles. The van der Waals surface area contributed by atoms with E-state index in [9.17, 15) is 9.59 Å². The molecule has 2 aliphatic carbocycles. The molecule has 7 rings (SSSR count). The molecule has 45 heavy (non-hydrogen) atoms. The number of allylic oxidation sites excluding steroid dienone is 2. The van der Waals surface area contributed by atoms with Gasteiger partial charge >= 0.3 is 5.69 Å². The van der Waals surface area contributed by atoms with Gasteiger partial charge in [0, 0.05) is 63.1 Å². The summed E-state index contributed by atoms with van der Waals surface area (Å²) in [5.41, 5.74) is 4.01. The Labute approximate surface area is 260 Å². The first kappa shape index (κ1) is 28.8. The lowest BCUT2D eigenvalue weighted by Crippen LogP contribution is -2.40. The van der Waals surface area contributed by atoms with E-state index in [0.29, 0.717) is 47.7 Å². The first-order valence-electron chi connectivity index (χ1n) is 15.5. The van der Waals surface area contributed by atoms with Crippen molar-refractivity contribution in [1.82, 2.24) is 34.7 Å². The molecule has 0 amide bonds. The summed E-state index contributed by atoms with van der Waals surface area (Å²) in [6, 6.07) is 15.9. The average molecular weight is 602 g/mol. The fourth-order valence-electron chi connectivity index (χ4n) is 5.35. The fourth-order valence-corrected chi connectivity index (χ4v) is 5.35. The molecule has 5 aromatic heterocycles. The van der Waals surface area contributed by atoms with Crippen LogP contribution in [0.3, 0.4) is 0 Å². The molecule has 2 aliphatic rings. The third kappa shape index (κ3) is 6.77. The number of hydrogen-bond acceptors (Lipinski definition) is 8. The smallest absolute Gasteiger partial charge is 0.333 e. The number of hydrogen-bond donors (Lipinski definition) is 2. The van der Waals surface area contributed by atoms with Gasteiger partial charge < -0.3 is 15.1 Å². The molecule has 0 radical (unpaired) electrons. The van der Waals surface area contributed by atoms with Gasteiger partial charge in [0.15, 0.2) is 11.4 Å². The molecule has 0 atom stereocenters. The van der Waals surface area contributed by atoms with Gasteiger partial charge in [0.25, 0.3) is 5.56 Å². The maximum Gasteiger partial charge on any atom is 0.333 e. The summed E-state index contributed by atoms with van der Waals surface area (Å²) < 4.78 is 8.46. The van der Waals surface area contributed by atoms with Crippen LogP contribution in [0.15, 0.2) is 106 Å². The lowest BCUT2D eigenvalue weighted by atomic mass is 10.1. The maximum atomic E-state index is 14.2. The monoisotopic (exact) mass is 601 g/mol. The van der Waals surface area contributed by atoms with E-state index in [-0.39, 0.29) is 18.6 Å². The molecule has 228 valence electrons. The van der Waals surface area contributed by atoms with Crippen molar-refractivity contribution in [3.8, 4) is 11.5 Å². The number of nitrogens with zero attached hydrogens (tertiary/aromatic N) is 5. The van der Waals surface area contributed by atoms with Crippen LogP contribution < -0.4 is 21.9 Å². The third-order valence-corrected chi connectivity index (χ3v) is 8.26. The molecular formula is C35H35N7O3. The van der Waals surface area contributed by atoms with Crippen molar-refractivity contribution in [2.24, 2.45) is 0 Å². The molecule has 0 unspecified atom stereocenters. The van der Waals surface area contributed by atoms with E-state index >= 15 is 0 Å². The minimum Gasteiger partial charge on any atom is -0.463 e. The van der Waals surface area contributed by atoms with E-state index in [1.807, 2.05) is 54.9 Å². The molecule has 2 fully saturated rings. The molecule has 0 aromatic carbocycles. The maximum absolute atomic E-state index is 14.2. The fraction of sp³-hybridized carbons (Fsp3) is 0.286. The van der Waals surface area contributed by atoms with Gasteiger partial charge in [0.2, 0.25) is 0 Å². The van der Waals surface area contributed by atoms with Crippen LogP contribution in [0.4, 0.5) is 0 Å².